The molecule has 0 aromatic heterocycles. The molecule has 2 fully saturated rings. The molecule has 3 unspecified atom stereocenters. The van der Waals surface area contributed by atoms with E-state index >= 15 is 0 Å². The van der Waals surface area contributed by atoms with Gasteiger partial charge >= 0.3 is 0 Å². The molecule has 3 atom stereocenters. The van der Waals surface area contributed by atoms with E-state index < -0.39 is 0 Å². The van der Waals surface area contributed by atoms with Gasteiger partial charge in [0, 0.05) is 11.8 Å². The van der Waals surface area contributed by atoms with Crippen LogP contribution in [0.15, 0.2) is 0 Å². The van der Waals surface area contributed by atoms with E-state index in [4.69, 9.17) is 0 Å². The van der Waals surface area contributed by atoms with E-state index in [0.29, 0.717) is 12.3 Å². The van der Waals surface area contributed by atoms with E-state index in [1.807, 2.05) is 18.1 Å². The zero-order valence-electron chi connectivity index (χ0n) is 13.4. The zero-order valence-corrected chi connectivity index (χ0v) is 14.2. The van der Waals surface area contributed by atoms with Crippen molar-refractivity contribution in [3.05, 3.63) is 0 Å². The Morgan fingerprint density at radius 2 is 1.95 bits per heavy atom. The molecular weight excluding hydrogens is 284 g/mol. The van der Waals surface area contributed by atoms with Crippen LogP contribution in [0.4, 0.5) is 0 Å². The first kappa shape index (κ1) is 16.7. The highest BCUT2D eigenvalue weighted by atomic mass is 32.2. The predicted molar refractivity (Wildman–Crippen MR) is 87.3 cm³/mol. The molecule has 120 valence electrons. The van der Waals surface area contributed by atoms with Crippen LogP contribution in [0.3, 0.4) is 0 Å². The van der Waals surface area contributed by atoms with Gasteiger partial charge in [0.1, 0.15) is 12.1 Å². The highest BCUT2D eigenvalue weighted by Gasteiger charge is 2.44. The molecular formula is C16H28N2O2S. The van der Waals surface area contributed by atoms with Crippen molar-refractivity contribution < 1.29 is 9.59 Å². The lowest BCUT2D eigenvalue weighted by Crippen LogP contribution is -2.67. The van der Waals surface area contributed by atoms with Gasteiger partial charge in [-0.1, -0.05) is 26.2 Å². The Balaban J connectivity index is 2.18. The van der Waals surface area contributed by atoms with E-state index in [2.05, 4.69) is 12.2 Å². The fourth-order valence-electron chi connectivity index (χ4n) is 3.77. The summed E-state index contributed by atoms with van der Waals surface area (Å²) in [5.74, 6) is 1.40. The van der Waals surface area contributed by atoms with Crippen molar-refractivity contribution in [2.75, 3.05) is 12.0 Å². The first-order valence-electron chi connectivity index (χ1n) is 8.21. The van der Waals surface area contributed by atoms with Gasteiger partial charge in [-0.3, -0.25) is 9.59 Å². The summed E-state index contributed by atoms with van der Waals surface area (Å²) < 4.78 is 0. The highest BCUT2D eigenvalue weighted by molar-refractivity contribution is 7.98. The molecule has 1 N–H and O–H groups in total. The Bertz CT molecular complexity index is 382. The first-order chi connectivity index (χ1) is 10.1. The van der Waals surface area contributed by atoms with Gasteiger partial charge in [0.2, 0.25) is 11.8 Å². The fraction of sp³-hybridized carbons (Fsp3) is 0.875. The number of rotatable bonds is 5. The van der Waals surface area contributed by atoms with Gasteiger partial charge in [0.25, 0.3) is 0 Å². The maximum atomic E-state index is 13.0. The summed E-state index contributed by atoms with van der Waals surface area (Å²) in [5, 5.41) is 3.03. The molecule has 1 heterocycles. The topological polar surface area (TPSA) is 49.4 Å². The Morgan fingerprint density at radius 3 is 2.52 bits per heavy atom. The fourth-order valence-corrected chi connectivity index (χ4v) is 4.41. The molecule has 1 aliphatic heterocycles. The Hall–Kier alpha value is -0.710. The second kappa shape index (κ2) is 7.52. The summed E-state index contributed by atoms with van der Waals surface area (Å²) in [6, 6.07) is -0.459. The number of carbonyl (C=O) groups is 2. The van der Waals surface area contributed by atoms with Crippen LogP contribution in [0, 0.1) is 5.92 Å². The Kier molecular flexibility index (Phi) is 5.97. The first-order valence-corrected chi connectivity index (χ1v) is 9.61. The van der Waals surface area contributed by atoms with Gasteiger partial charge < -0.3 is 10.2 Å². The van der Waals surface area contributed by atoms with Crippen LogP contribution in [-0.4, -0.2) is 46.8 Å². The Labute approximate surface area is 132 Å². The second-order valence-electron chi connectivity index (χ2n) is 6.36. The standard InChI is InChI=1S/C16H28N2O2S/c1-4-13-15(19)17-14(12-8-6-5-7-9-12)16(20)18(13)11(2)10-21-3/h11-14H,4-10H2,1-3H3,(H,17,19). The average Bonchev–Trinajstić information content (AvgIpc) is 2.49. The van der Waals surface area contributed by atoms with E-state index in [9.17, 15) is 9.59 Å². The molecule has 0 spiro atoms. The molecule has 1 aliphatic carbocycles. The maximum absolute atomic E-state index is 13.0. The summed E-state index contributed by atoms with van der Waals surface area (Å²) in [6.45, 7) is 4.05. The van der Waals surface area contributed by atoms with E-state index in [-0.39, 0.29) is 29.9 Å². The van der Waals surface area contributed by atoms with Crippen LogP contribution in [0.1, 0.15) is 52.4 Å². The molecule has 5 heteroatoms. The quantitative estimate of drug-likeness (QED) is 0.848. The minimum absolute atomic E-state index is 0.0422. The van der Waals surface area contributed by atoms with E-state index in [1.54, 1.807) is 11.8 Å². The Morgan fingerprint density at radius 1 is 1.29 bits per heavy atom. The number of thioether (sulfide) groups is 1. The monoisotopic (exact) mass is 312 g/mol. The molecule has 0 aromatic rings. The van der Waals surface area contributed by atoms with Crippen molar-refractivity contribution in [1.82, 2.24) is 10.2 Å². The minimum atomic E-state index is -0.292. The summed E-state index contributed by atoms with van der Waals surface area (Å²) in [4.78, 5) is 27.3. The summed E-state index contributed by atoms with van der Waals surface area (Å²) >= 11 is 1.73. The number of nitrogens with one attached hydrogen (secondary N) is 1. The molecule has 21 heavy (non-hydrogen) atoms. The molecule has 1 saturated heterocycles. The summed E-state index contributed by atoms with van der Waals surface area (Å²) in [5.41, 5.74) is 0. The van der Waals surface area contributed by atoms with E-state index in [1.165, 1.54) is 19.3 Å². The lowest BCUT2D eigenvalue weighted by atomic mass is 9.82. The van der Waals surface area contributed by atoms with Crippen LogP contribution < -0.4 is 5.32 Å². The molecule has 2 aliphatic rings. The number of carbonyl (C=O) groups excluding carboxylic acids is 2. The molecule has 0 radical (unpaired) electrons. The number of nitrogens with zero attached hydrogens (tertiary/aromatic N) is 1. The SMILES string of the molecule is CCC1C(=O)NC(C2CCCCC2)C(=O)N1C(C)CSC. The average molecular weight is 312 g/mol. The second-order valence-corrected chi connectivity index (χ2v) is 7.27. The van der Waals surface area contributed by atoms with Crippen LogP contribution in [0.25, 0.3) is 0 Å². The molecule has 2 rings (SSSR count). The number of hydrogen-bond donors (Lipinski definition) is 1. The number of hydrogen-bond acceptors (Lipinski definition) is 3. The third-order valence-corrected chi connectivity index (χ3v) is 5.66. The smallest absolute Gasteiger partial charge is 0.246 e. The van der Waals surface area contributed by atoms with E-state index in [0.717, 1.165) is 18.6 Å². The van der Waals surface area contributed by atoms with Crippen molar-refractivity contribution in [2.24, 2.45) is 5.92 Å². The van der Waals surface area contributed by atoms with Crippen LogP contribution in [0.2, 0.25) is 0 Å². The number of amides is 2. The van der Waals surface area contributed by atoms with Crippen LogP contribution in [0.5, 0.6) is 0 Å². The maximum Gasteiger partial charge on any atom is 0.246 e. The molecule has 2 amide bonds. The molecule has 0 aromatic carbocycles. The summed E-state index contributed by atoms with van der Waals surface area (Å²) in [7, 11) is 0. The van der Waals surface area contributed by atoms with Gasteiger partial charge in [0.15, 0.2) is 0 Å². The molecule has 0 bridgehead atoms. The lowest BCUT2D eigenvalue weighted by Gasteiger charge is -2.44. The van der Waals surface area contributed by atoms with Crippen molar-refractivity contribution in [3.63, 3.8) is 0 Å². The van der Waals surface area contributed by atoms with Gasteiger partial charge in [-0.25, -0.2) is 0 Å². The van der Waals surface area contributed by atoms with Gasteiger partial charge in [-0.15, -0.1) is 0 Å². The van der Waals surface area contributed by atoms with Gasteiger partial charge in [0.05, 0.1) is 0 Å². The largest absolute Gasteiger partial charge is 0.342 e. The number of piperazine rings is 1. The van der Waals surface area contributed by atoms with Crippen molar-refractivity contribution >= 4 is 23.6 Å². The van der Waals surface area contributed by atoms with Crippen LogP contribution >= 0.6 is 11.8 Å². The van der Waals surface area contributed by atoms with Gasteiger partial charge in [-0.2, -0.15) is 11.8 Å². The minimum Gasteiger partial charge on any atom is -0.342 e. The molecule has 4 nitrogen and oxygen atoms in total. The van der Waals surface area contributed by atoms with Crippen molar-refractivity contribution in [3.8, 4) is 0 Å². The summed E-state index contributed by atoms with van der Waals surface area (Å²) in [6.07, 6.45) is 8.49. The third kappa shape index (κ3) is 3.55. The van der Waals surface area contributed by atoms with Crippen molar-refractivity contribution in [1.29, 1.82) is 0 Å². The highest BCUT2D eigenvalue weighted by Crippen LogP contribution is 2.30. The third-order valence-electron chi connectivity index (χ3n) is 4.85. The van der Waals surface area contributed by atoms with Crippen LogP contribution in [-0.2, 0) is 9.59 Å². The normalized spacial score (nSPS) is 29.4. The molecule has 1 saturated carbocycles. The lowest BCUT2D eigenvalue weighted by molar-refractivity contribution is -0.153. The van der Waals surface area contributed by atoms with Crippen molar-refractivity contribution in [2.45, 2.75) is 70.5 Å². The zero-order chi connectivity index (χ0) is 15.4. The van der Waals surface area contributed by atoms with Gasteiger partial charge in [-0.05, 0) is 38.4 Å². The predicted octanol–water partition coefficient (Wildman–Crippen LogP) is 2.42.